The topological polar surface area (TPSA) is 94.1 Å². The molecular formula is C34H64NO7P. The third kappa shape index (κ3) is 31.9. The Balaban J connectivity index is 4.35. The highest BCUT2D eigenvalue weighted by Gasteiger charge is 2.20. The molecule has 0 fully saturated rings. The molecule has 43 heavy (non-hydrogen) atoms. The summed E-state index contributed by atoms with van der Waals surface area (Å²) in [6.07, 6.45) is 28.8. The van der Waals surface area contributed by atoms with Gasteiger partial charge in [0.2, 0.25) is 0 Å². The highest BCUT2D eigenvalue weighted by atomic mass is 31.2. The van der Waals surface area contributed by atoms with Crippen molar-refractivity contribution >= 4 is 13.8 Å². The van der Waals surface area contributed by atoms with Crippen LogP contribution in [0.3, 0.4) is 0 Å². The van der Waals surface area contributed by atoms with Crippen molar-refractivity contribution in [1.82, 2.24) is 0 Å². The maximum Gasteiger partial charge on any atom is 0.306 e. The number of allylic oxidation sites excluding steroid dienone is 6. The van der Waals surface area contributed by atoms with Crippen LogP contribution in [0.25, 0.3) is 0 Å². The lowest BCUT2D eigenvalue weighted by atomic mass is 10.1. The molecule has 0 spiro atoms. The van der Waals surface area contributed by atoms with Crippen LogP contribution in [0.2, 0.25) is 0 Å². The number of rotatable bonds is 30. The van der Waals surface area contributed by atoms with Crippen LogP contribution in [0.5, 0.6) is 0 Å². The van der Waals surface area contributed by atoms with Crippen LogP contribution in [-0.2, 0) is 27.9 Å². The molecule has 0 amide bonds. The third-order valence-electron chi connectivity index (χ3n) is 6.71. The fourth-order valence-electron chi connectivity index (χ4n) is 4.09. The molecule has 252 valence electrons. The monoisotopic (exact) mass is 629 g/mol. The molecule has 0 saturated heterocycles. The fourth-order valence-corrected chi connectivity index (χ4v) is 4.82. The second kappa shape index (κ2) is 28.2. The first-order chi connectivity index (χ1) is 20.6. The molecule has 8 nitrogen and oxygen atoms in total. The van der Waals surface area contributed by atoms with Gasteiger partial charge in [0, 0.05) is 13.0 Å². The van der Waals surface area contributed by atoms with Gasteiger partial charge in [-0.05, 0) is 44.9 Å². The fraction of sp³-hybridized carbons (Fsp3) is 0.794. The Morgan fingerprint density at radius 2 is 1.35 bits per heavy atom. The summed E-state index contributed by atoms with van der Waals surface area (Å²) in [5.74, 6) is -0.352. The SMILES string of the molecule is CC/C=C\C/C=C\C/C=C\CCCCCCOCC(COP(=O)([O-])OCC[N+](C)(C)C)OC(=O)CCCCCCCCC. The van der Waals surface area contributed by atoms with Gasteiger partial charge in [0.1, 0.15) is 19.3 Å². The summed E-state index contributed by atoms with van der Waals surface area (Å²) >= 11 is 0. The van der Waals surface area contributed by atoms with E-state index in [9.17, 15) is 14.3 Å². The number of phosphoric ester groups is 1. The molecule has 0 heterocycles. The summed E-state index contributed by atoms with van der Waals surface area (Å²) in [4.78, 5) is 24.7. The maximum absolute atomic E-state index is 12.4. The predicted octanol–water partition coefficient (Wildman–Crippen LogP) is 8.07. The number of phosphoric acid groups is 1. The molecule has 0 aromatic heterocycles. The first-order valence-electron chi connectivity index (χ1n) is 16.7. The largest absolute Gasteiger partial charge is 0.756 e. The lowest BCUT2D eigenvalue weighted by molar-refractivity contribution is -0.870. The van der Waals surface area contributed by atoms with Crippen LogP contribution in [0, 0.1) is 0 Å². The number of unbranched alkanes of at least 4 members (excludes halogenated alkanes) is 10. The zero-order valence-corrected chi connectivity index (χ0v) is 29.0. The third-order valence-corrected chi connectivity index (χ3v) is 7.67. The average Bonchev–Trinajstić information content (AvgIpc) is 2.94. The van der Waals surface area contributed by atoms with Gasteiger partial charge < -0.3 is 27.9 Å². The lowest BCUT2D eigenvalue weighted by Gasteiger charge is -2.28. The molecule has 0 aromatic rings. The number of ether oxygens (including phenoxy) is 2. The van der Waals surface area contributed by atoms with Gasteiger partial charge in [-0.1, -0.05) is 102 Å². The number of hydrogen-bond donors (Lipinski definition) is 0. The number of hydrogen-bond acceptors (Lipinski definition) is 7. The summed E-state index contributed by atoms with van der Waals surface area (Å²) in [6, 6.07) is 0. The summed E-state index contributed by atoms with van der Waals surface area (Å²) < 4.78 is 34.2. The Morgan fingerprint density at radius 3 is 2.02 bits per heavy atom. The van der Waals surface area contributed by atoms with E-state index in [4.69, 9.17) is 18.5 Å². The van der Waals surface area contributed by atoms with Crippen molar-refractivity contribution in [2.75, 3.05) is 54.1 Å². The predicted molar refractivity (Wildman–Crippen MR) is 176 cm³/mol. The Hall–Kier alpha value is -1.28. The highest BCUT2D eigenvalue weighted by Crippen LogP contribution is 2.38. The first kappa shape index (κ1) is 41.7. The van der Waals surface area contributed by atoms with Crippen molar-refractivity contribution < 1.29 is 37.3 Å². The van der Waals surface area contributed by atoms with E-state index in [1.165, 1.54) is 25.7 Å². The molecule has 0 aliphatic heterocycles. The van der Waals surface area contributed by atoms with Crippen LogP contribution in [0.4, 0.5) is 0 Å². The van der Waals surface area contributed by atoms with Gasteiger partial charge in [0.05, 0.1) is 34.4 Å². The van der Waals surface area contributed by atoms with Crippen LogP contribution >= 0.6 is 7.82 Å². The smallest absolute Gasteiger partial charge is 0.306 e. The van der Waals surface area contributed by atoms with E-state index in [1.54, 1.807) is 0 Å². The molecule has 0 N–H and O–H groups in total. The maximum atomic E-state index is 12.4. The average molecular weight is 630 g/mol. The van der Waals surface area contributed by atoms with E-state index in [0.717, 1.165) is 70.6 Å². The number of quaternary nitrogens is 1. The molecule has 0 aliphatic rings. The van der Waals surface area contributed by atoms with Gasteiger partial charge in [0.25, 0.3) is 7.82 Å². The summed E-state index contributed by atoms with van der Waals surface area (Å²) in [5, 5.41) is 0. The Bertz CT molecular complexity index is 792. The summed E-state index contributed by atoms with van der Waals surface area (Å²) in [5.41, 5.74) is 0. The highest BCUT2D eigenvalue weighted by molar-refractivity contribution is 7.45. The number of likely N-dealkylation sites (N-methyl/N-ethyl adjacent to an activating group) is 1. The molecule has 0 aliphatic carbocycles. The van der Waals surface area contributed by atoms with Gasteiger partial charge in [0.15, 0.2) is 0 Å². The van der Waals surface area contributed by atoms with Crippen LogP contribution in [-0.4, -0.2) is 70.7 Å². The van der Waals surface area contributed by atoms with Crippen molar-refractivity contribution in [3.05, 3.63) is 36.5 Å². The number of esters is 1. The van der Waals surface area contributed by atoms with E-state index < -0.39 is 13.9 Å². The molecule has 0 rings (SSSR count). The minimum absolute atomic E-state index is 0.0211. The lowest BCUT2D eigenvalue weighted by Crippen LogP contribution is -2.37. The van der Waals surface area contributed by atoms with Crippen LogP contribution in [0.15, 0.2) is 36.5 Å². The molecule has 0 aromatic carbocycles. The molecule has 9 heteroatoms. The standard InChI is InChI=1S/C34H64NO7P/c1-6-8-10-12-14-15-16-17-18-19-20-22-24-26-29-39-31-33(32-41-43(37,38)40-30-28-35(3,4)5)42-34(36)27-25-23-21-13-11-9-7-2/h8,10,14-15,17-18,33H,6-7,9,11-13,16,19-32H2,1-5H3/b10-8-,15-14-,18-17-. The molecule has 0 saturated carbocycles. The molecular weight excluding hydrogens is 565 g/mol. The van der Waals surface area contributed by atoms with Gasteiger partial charge in [-0.3, -0.25) is 9.36 Å². The summed E-state index contributed by atoms with van der Waals surface area (Å²) in [6.45, 7) is 5.17. The molecule has 0 radical (unpaired) electrons. The molecule has 2 atom stereocenters. The van der Waals surface area contributed by atoms with Gasteiger partial charge in [-0.2, -0.15) is 0 Å². The first-order valence-corrected chi connectivity index (χ1v) is 18.2. The number of carbonyl (C=O) groups is 1. The second-order valence-electron chi connectivity index (χ2n) is 12.1. The van der Waals surface area contributed by atoms with Gasteiger partial charge in [-0.15, -0.1) is 0 Å². The minimum atomic E-state index is -4.51. The van der Waals surface area contributed by atoms with Crippen molar-refractivity contribution in [2.24, 2.45) is 0 Å². The van der Waals surface area contributed by atoms with Crippen molar-refractivity contribution in [3.63, 3.8) is 0 Å². The van der Waals surface area contributed by atoms with Gasteiger partial charge >= 0.3 is 5.97 Å². The zero-order chi connectivity index (χ0) is 32.1. The Labute approximate surface area is 264 Å². The van der Waals surface area contributed by atoms with Crippen LogP contribution in [0.1, 0.15) is 117 Å². The quantitative estimate of drug-likeness (QED) is 0.0261. The van der Waals surface area contributed by atoms with Crippen molar-refractivity contribution in [1.29, 1.82) is 0 Å². The Kier molecular flexibility index (Phi) is 27.4. The van der Waals surface area contributed by atoms with E-state index in [-0.39, 0.29) is 25.8 Å². The normalized spacial score (nSPS) is 14.7. The van der Waals surface area contributed by atoms with E-state index in [1.807, 2.05) is 21.1 Å². The van der Waals surface area contributed by atoms with E-state index in [0.29, 0.717) is 24.1 Å². The van der Waals surface area contributed by atoms with E-state index in [2.05, 4.69) is 50.3 Å². The van der Waals surface area contributed by atoms with Gasteiger partial charge in [-0.25, -0.2) is 0 Å². The molecule has 0 bridgehead atoms. The zero-order valence-electron chi connectivity index (χ0n) is 28.1. The minimum Gasteiger partial charge on any atom is -0.756 e. The van der Waals surface area contributed by atoms with Crippen molar-refractivity contribution in [3.8, 4) is 0 Å². The number of carbonyl (C=O) groups excluding carboxylic acids is 1. The molecule has 2 unspecified atom stereocenters. The number of nitrogens with zero attached hydrogens (tertiary/aromatic N) is 1. The van der Waals surface area contributed by atoms with Crippen LogP contribution < -0.4 is 4.89 Å². The summed E-state index contributed by atoms with van der Waals surface area (Å²) in [7, 11) is 1.33. The van der Waals surface area contributed by atoms with Crippen molar-refractivity contribution in [2.45, 2.75) is 123 Å². The second-order valence-corrected chi connectivity index (χ2v) is 13.6. The van der Waals surface area contributed by atoms with E-state index >= 15 is 0 Å². The Morgan fingerprint density at radius 1 is 0.744 bits per heavy atom.